The van der Waals surface area contributed by atoms with Crippen LogP contribution in [0.2, 0.25) is 5.02 Å². The number of nitrogens with one attached hydrogen (secondary N) is 1. The normalized spacial score (nSPS) is 10.9. The number of amides is 1. The van der Waals surface area contributed by atoms with Gasteiger partial charge in [0.15, 0.2) is 0 Å². The van der Waals surface area contributed by atoms with Gasteiger partial charge in [-0.1, -0.05) is 17.7 Å². The van der Waals surface area contributed by atoms with Crippen LogP contribution < -0.4 is 5.32 Å². The Bertz CT molecular complexity index is 1080. The molecule has 0 bridgehead atoms. The molecular weight excluding hydrogens is 378 g/mol. The quantitative estimate of drug-likeness (QED) is 0.520. The van der Waals surface area contributed by atoms with Crippen LogP contribution in [0.5, 0.6) is 0 Å². The number of pyridine rings is 2. The van der Waals surface area contributed by atoms with Gasteiger partial charge >= 0.3 is 0 Å². The summed E-state index contributed by atoms with van der Waals surface area (Å²) in [6.45, 7) is 0.575. The zero-order valence-corrected chi connectivity index (χ0v) is 15.9. The first-order valence-corrected chi connectivity index (χ1v) is 9.78. The SMILES string of the molecule is O=C(NCCc1cccs1)c1cc(-c2cccnc2)nc2ccc(Cl)cc12. The summed E-state index contributed by atoms with van der Waals surface area (Å²) in [7, 11) is 0. The van der Waals surface area contributed by atoms with Gasteiger partial charge in [0.05, 0.1) is 16.8 Å². The first kappa shape index (κ1) is 17.6. The highest BCUT2D eigenvalue weighted by Crippen LogP contribution is 2.26. The van der Waals surface area contributed by atoms with Crippen LogP contribution in [0.3, 0.4) is 0 Å². The van der Waals surface area contributed by atoms with Crippen molar-refractivity contribution in [3.63, 3.8) is 0 Å². The fourth-order valence-corrected chi connectivity index (χ4v) is 3.78. The zero-order valence-electron chi connectivity index (χ0n) is 14.4. The predicted molar refractivity (Wildman–Crippen MR) is 110 cm³/mol. The van der Waals surface area contributed by atoms with Crippen LogP contribution in [0, 0.1) is 0 Å². The molecule has 4 nitrogen and oxygen atoms in total. The van der Waals surface area contributed by atoms with Crippen LogP contribution in [-0.4, -0.2) is 22.4 Å². The molecule has 0 aliphatic heterocycles. The molecule has 0 saturated heterocycles. The summed E-state index contributed by atoms with van der Waals surface area (Å²) in [6, 6.07) is 15.1. The van der Waals surface area contributed by atoms with E-state index < -0.39 is 0 Å². The van der Waals surface area contributed by atoms with E-state index >= 15 is 0 Å². The Morgan fingerprint density at radius 2 is 2.07 bits per heavy atom. The number of carbonyl (C=O) groups is 1. The van der Waals surface area contributed by atoms with E-state index in [-0.39, 0.29) is 5.91 Å². The average molecular weight is 394 g/mol. The van der Waals surface area contributed by atoms with E-state index in [4.69, 9.17) is 11.6 Å². The Kier molecular flexibility index (Phi) is 5.14. The lowest BCUT2D eigenvalue weighted by atomic mass is 10.0. The first-order valence-electron chi connectivity index (χ1n) is 8.52. The zero-order chi connectivity index (χ0) is 18.6. The lowest BCUT2D eigenvalue weighted by molar-refractivity contribution is 0.0956. The van der Waals surface area contributed by atoms with Gasteiger partial charge in [0.1, 0.15) is 0 Å². The van der Waals surface area contributed by atoms with Crippen LogP contribution in [0.1, 0.15) is 15.2 Å². The van der Waals surface area contributed by atoms with Gasteiger partial charge in [-0.25, -0.2) is 4.98 Å². The number of hydrogen-bond acceptors (Lipinski definition) is 4. The highest BCUT2D eigenvalue weighted by molar-refractivity contribution is 7.09. The predicted octanol–water partition coefficient (Wildman–Crippen LogP) is 4.98. The molecule has 1 aromatic carbocycles. The number of thiophene rings is 1. The number of rotatable bonds is 5. The molecule has 0 radical (unpaired) electrons. The number of nitrogens with zero attached hydrogens (tertiary/aromatic N) is 2. The third-order valence-electron chi connectivity index (χ3n) is 4.21. The van der Waals surface area contributed by atoms with Crippen LogP contribution in [0.15, 0.2) is 66.3 Å². The summed E-state index contributed by atoms with van der Waals surface area (Å²) < 4.78 is 0. The third-order valence-corrected chi connectivity index (χ3v) is 5.38. The van der Waals surface area contributed by atoms with Crippen molar-refractivity contribution < 1.29 is 4.79 Å². The molecule has 0 aliphatic carbocycles. The van der Waals surface area contributed by atoms with Gasteiger partial charge in [-0.2, -0.15) is 0 Å². The highest BCUT2D eigenvalue weighted by atomic mass is 35.5. The Morgan fingerprint density at radius 3 is 2.85 bits per heavy atom. The number of fused-ring (bicyclic) bond motifs is 1. The summed E-state index contributed by atoms with van der Waals surface area (Å²) in [4.78, 5) is 23.0. The summed E-state index contributed by atoms with van der Waals surface area (Å²) in [5, 5.41) is 6.36. The Morgan fingerprint density at radius 1 is 1.15 bits per heavy atom. The van der Waals surface area contributed by atoms with Crippen LogP contribution in [0.25, 0.3) is 22.2 Å². The molecular formula is C21H16ClN3OS. The van der Waals surface area contributed by atoms with Crippen molar-refractivity contribution in [1.82, 2.24) is 15.3 Å². The van der Waals surface area contributed by atoms with Crippen molar-refractivity contribution in [2.24, 2.45) is 0 Å². The van der Waals surface area contributed by atoms with Gasteiger partial charge < -0.3 is 5.32 Å². The van der Waals surface area contributed by atoms with Gasteiger partial charge in [0.2, 0.25) is 0 Å². The van der Waals surface area contributed by atoms with Gasteiger partial charge in [-0.15, -0.1) is 11.3 Å². The lowest BCUT2D eigenvalue weighted by Crippen LogP contribution is -2.26. The molecule has 0 spiro atoms. The number of benzene rings is 1. The van der Waals surface area contributed by atoms with E-state index in [1.807, 2.05) is 29.6 Å². The molecule has 27 heavy (non-hydrogen) atoms. The van der Waals surface area contributed by atoms with E-state index in [0.717, 1.165) is 22.9 Å². The maximum absolute atomic E-state index is 12.9. The fourth-order valence-electron chi connectivity index (χ4n) is 2.90. The van der Waals surface area contributed by atoms with Crippen molar-refractivity contribution in [2.45, 2.75) is 6.42 Å². The van der Waals surface area contributed by atoms with E-state index in [9.17, 15) is 4.79 Å². The smallest absolute Gasteiger partial charge is 0.252 e. The molecule has 0 atom stereocenters. The largest absolute Gasteiger partial charge is 0.352 e. The van der Waals surface area contributed by atoms with Gasteiger partial charge in [0, 0.05) is 39.8 Å². The summed E-state index contributed by atoms with van der Waals surface area (Å²) in [6.07, 6.45) is 4.26. The number of halogens is 1. The Hall–Kier alpha value is -2.76. The molecule has 134 valence electrons. The lowest BCUT2D eigenvalue weighted by Gasteiger charge is -2.11. The molecule has 4 aromatic rings. The highest BCUT2D eigenvalue weighted by Gasteiger charge is 2.14. The number of hydrogen-bond donors (Lipinski definition) is 1. The second kappa shape index (κ2) is 7.86. The second-order valence-corrected chi connectivity index (χ2v) is 7.51. The average Bonchev–Trinajstić information content (AvgIpc) is 3.21. The third kappa shape index (κ3) is 3.99. The maximum atomic E-state index is 12.9. The molecule has 3 aromatic heterocycles. The molecule has 3 heterocycles. The molecule has 0 fully saturated rings. The summed E-state index contributed by atoms with van der Waals surface area (Å²) in [5.41, 5.74) is 2.86. The molecule has 0 saturated carbocycles. The molecule has 0 aliphatic rings. The van der Waals surface area contributed by atoms with Crippen molar-refractivity contribution in [3.8, 4) is 11.3 Å². The van der Waals surface area contributed by atoms with Crippen LogP contribution in [0.4, 0.5) is 0 Å². The van der Waals surface area contributed by atoms with Gasteiger partial charge in [-0.3, -0.25) is 9.78 Å². The van der Waals surface area contributed by atoms with Crippen LogP contribution in [-0.2, 0) is 6.42 Å². The summed E-state index contributed by atoms with van der Waals surface area (Å²) in [5.74, 6) is -0.133. The van der Waals surface area contributed by atoms with E-state index in [0.29, 0.717) is 22.8 Å². The molecule has 1 amide bonds. The molecule has 6 heteroatoms. The minimum absolute atomic E-state index is 0.133. The van der Waals surface area contributed by atoms with E-state index in [2.05, 4.69) is 21.4 Å². The Labute approximate surface area is 165 Å². The van der Waals surface area contributed by atoms with E-state index in [1.54, 1.807) is 41.9 Å². The molecule has 4 rings (SSSR count). The van der Waals surface area contributed by atoms with E-state index in [1.165, 1.54) is 4.88 Å². The summed E-state index contributed by atoms with van der Waals surface area (Å²) >= 11 is 7.84. The standard InChI is InChI=1S/C21H16ClN3OS/c22-15-5-6-19-17(11-15)18(12-20(25-19)14-3-1-8-23-13-14)21(26)24-9-7-16-4-2-10-27-16/h1-6,8,10-13H,7,9H2,(H,24,26). The maximum Gasteiger partial charge on any atom is 0.252 e. The molecule has 0 unspecified atom stereocenters. The van der Waals surface area contributed by atoms with Gasteiger partial charge in [0.25, 0.3) is 5.91 Å². The van der Waals surface area contributed by atoms with Gasteiger partial charge in [-0.05, 0) is 54.3 Å². The van der Waals surface area contributed by atoms with Crippen LogP contribution >= 0.6 is 22.9 Å². The molecule has 1 N–H and O–H groups in total. The fraction of sp³-hybridized carbons (Fsp3) is 0.0952. The van der Waals surface area contributed by atoms with Crippen molar-refractivity contribution in [3.05, 3.63) is 81.8 Å². The number of carbonyl (C=O) groups excluding carboxylic acids is 1. The van der Waals surface area contributed by atoms with Crippen molar-refractivity contribution in [2.75, 3.05) is 6.54 Å². The minimum atomic E-state index is -0.133. The topological polar surface area (TPSA) is 54.9 Å². The Balaban J connectivity index is 1.68. The van der Waals surface area contributed by atoms with Crippen molar-refractivity contribution >= 4 is 39.7 Å². The van der Waals surface area contributed by atoms with Crippen molar-refractivity contribution in [1.29, 1.82) is 0 Å². The minimum Gasteiger partial charge on any atom is -0.352 e. The monoisotopic (exact) mass is 393 g/mol. The first-order chi connectivity index (χ1) is 13.2. The second-order valence-electron chi connectivity index (χ2n) is 6.04. The number of aromatic nitrogens is 2.